The highest BCUT2D eigenvalue weighted by Crippen LogP contribution is 2.29. The summed E-state index contributed by atoms with van der Waals surface area (Å²) in [5, 5.41) is 2.70. The minimum atomic E-state index is -3.90. The molecule has 4 rings (SSSR count). The molecule has 4 aromatic rings. The van der Waals surface area contributed by atoms with Gasteiger partial charge in [0, 0.05) is 15.7 Å². The summed E-state index contributed by atoms with van der Waals surface area (Å²) in [6, 6.07) is 20.6. The number of fused-ring (bicyclic) bond motifs is 1. The van der Waals surface area contributed by atoms with Crippen LogP contribution in [0.2, 0.25) is 0 Å². The summed E-state index contributed by atoms with van der Waals surface area (Å²) in [7, 11) is -3.90. The molecular formula is C23H19BrN2O4S. The number of amides is 1. The number of hydrogen-bond donors (Lipinski definition) is 1. The van der Waals surface area contributed by atoms with Gasteiger partial charge in [-0.3, -0.25) is 4.79 Å². The number of carbonyl (C=O) groups excluding carboxylic acids is 1. The first-order valence-electron chi connectivity index (χ1n) is 9.46. The van der Waals surface area contributed by atoms with Gasteiger partial charge < -0.3 is 9.73 Å². The van der Waals surface area contributed by atoms with Crippen molar-refractivity contribution in [3.05, 3.63) is 77.3 Å². The van der Waals surface area contributed by atoms with Crippen LogP contribution in [0.3, 0.4) is 0 Å². The summed E-state index contributed by atoms with van der Waals surface area (Å²) < 4.78 is 30.9. The predicted octanol–water partition coefficient (Wildman–Crippen LogP) is 5.45. The van der Waals surface area contributed by atoms with Gasteiger partial charge in [-0.1, -0.05) is 28.1 Å². The Morgan fingerprint density at radius 3 is 2.26 bits per heavy atom. The van der Waals surface area contributed by atoms with Crippen LogP contribution in [-0.4, -0.2) is 24.1 Å². The van der Waals surface area contributed by atoms with Crippen molar-refractivity contribution in [1.82, 2.24) is 4.98 Å². The first-order chi connectivity index (χ1) is 14.7. The zero-order valence-electron chi connectivity index (χ0n) is 16.8. The molecule has 1 heterocycles. The third-order valence-electron chi connectivity index (χ3n) is 5.03. The maximum absolute atomic E-state index is 13.0. The molecule has 0 radical (unpaired) electrons. The van der Waals surface area contributed by atoms with Crippen LogP contribution in [0, 0.1) is 0 Å². The number of carbonyl (C=O) groups is 1. The van der Waals surface area contributed by atoms with Gasteiger partial charge in [0.2, 0.25) is 11.8 Å². The maximum atomic E-state index is 13.0. The van der Waals surface area contributed by atoms with Crippen LogP contribution in [0.5, 0.6) is 0 Å². The van der Waals surface area contributed by atoms with E-state index < -0.39 is 20.5 Å². The van der Waals surface area contributed by atoms with Gasteiger partial charge in [-0.05, 0) is 74.5 Å². The third kappa shape index (κ3) is 4.00. The third-order valence-corrected chi connectivity index (χ3v) is 7.98. The van der Waals surface area contributed by atoms with E-state index in [0.29, 0.717) is 17.2 Å². The molecular weight excluding hydrogens is 480 g/mol. The quantitative estimate of drug-likeness (QED) is 0.395. The van der Waals surface area contributed by atoms with Gasteiger partial charge in [-0.15, -0.1) is 0 Å². The van der Waals surface area contributed by atoms with Crippen molar-refractivity contribution in [2.75, 3.05) is 5.32 Å². The number of rotatable bonds is 5. The highest BCUT2D eigenvalue weighted by atomic mass is 79.9. The van der Waals surface area contributed by atoms with Crippen molar-refractivity contribution in [1.29, 1.82) is 0 Å². The summed E-state index contributed by atoms with van der Waals surface area (Å²) in [6.45, 7) is 2.79. The lowest BCUT2D eigenvalue weighted by Crippen LogP contribution is -2.44. The van der Waals surface area contributed by atoms with E-state index in [1.165, 1.54) is 26.0 Å². The predicted molar refractivity (Wildman–Crippen MR) is 123 cm³/mol. The molecule has 158 valence electrons. The number of oxazole rings is 1. The van der Waals surface area contributed by atoms with Gasteiger partial charge in [0.1, 0.15) is 10.3 Å². The van der Waals surface area contributed by atoms with Gasteiger partial charge >= 0.3 is 0 Å². The van der Waals surface area contributed by atoms with Crippen molar-refractivity contribution < 1.29 is 17.6 Å². The van der Waals surface area contributed by atoms with E-state index in [4.69, 9.17) is 4.42 Å². The van der Waals surface area contributed by atoms with Gasteiger partial charge in [0.15, 0.2) is 15.4 Å². The molecule has 0 unspecified atom stereocenters. The van der Waals surface area contributed by atoms with E-state index in [2.05, 4.69) is 26.2 Å². The normalized spacial score (nSPS) is 12.1. The number of nitrogens with one attached hydrogen (secondary N) is 1. The molecule has 1 aromatic heterocycles. The number of benzene rings is 3. The SMILES string of the molecule is CC(C)(C(=O)Nc1ccc(-c2nc3ccccc3o2)cc1)S(=O)(=O)c1ccc(Br)cc1. The van der Waals surface area contributed by atoms with Crippen LogP contribution in [0.1, 0.15) is 13.8 Å². The number of hydrogen-bond acceptors (Lipinski definition) is 5. The van der Waals surface area contributed by atoms with Gasteiger partial charge in [-0.2, -0.15) is 0 Å². The molecule has 0 aliphatic rings. The molecule has 0 aliphatic heterocycles. The molecule has 0 bridgehead atoms. The Balaban J connectivity index is 1.54. The summed E-state index contributed by atoms with van der Waals surface area (Å²) >= 11 is 3.28. The average Bonchev–Trinajstić information content (AvgIpc) is 3.18. The molecule has 1 amide bonds. The second-order valence-electron chi connectivity index (χ2n) is 7.49. The molecule has 0 saturated heterocycles. The summed E-state index contributed by atoms with van der Waals surface area (Å²) in [4.78, 5) is 17.4. The van der Waals surface area contributed by atoms with Crippen molar-refractivity contribution in [2.24, 2.45) is 0 Å². The number of para-hydroxylation sites is 2. The minimum absolute atomic E-state index is 0.0853. The molecule has 0 aliphatic carbocycles. The van der Waals surface area contributed by atoms with E-state index in [9.17, 15) is 13.2 Å². The Kier molecular flexibility index (Phi) is 5.45. The fourth-order valence-corrected chi connectivity index (χ4v) is 4.65. The molecule has 8 heteroatoms. The zero-order valence-corrected chi connectivity index (χ0v) is 19.2. The fraction of sp³-hybridized carbons (Fsp3) is 0.130. The number of halogens is 1. The summed E-state index contributed by atoms with van der Waals surface area (Å²) in [5.41, 5.74) is 2.67. The van der Waals surface area contributed by atoms with Crippen LogP contribution < -0.4 is 5.32 Å². The standard InChI is InChI=1S/C23H19BrN2O4S/c1-23(2,31(28,29)18-13-9-16(24)10-14-18)22(27)25-17-11-7-15(8-12-17)21-26-19-5-3-4-6-20(19)30-21/h3-14H,1-2H3,(H,25,27). The molecule has 3 aromatic carbocycles. The molecule has 1 N–H and O–H groups in total. The minimum Gasteiger partial charge on any atom is -0.436 e. The largest absolute Gasteiger partial charge is 0.436 e. The second-order valence-corrected chi connectivity index (χ2v) is 10.9. The summed E-state index contributed by atoms with van der Waals surface area (Å²) in [5.74, 6) is -0.151. The first-order valence-corrected chi connectivity index (χ1v) is 11.7. The number of nitrogens with zero attached hydrogens (tertiary/aromatic N) is 1. The lowest BCUT2D eigenvalue weighted by molar-refractivity contribution is -0.117. The first kappa shape index (κ1) is 21.3. The van der Waals surface area contributed by atoms with Crippen molar-refractivity contribution in [3.63, 3.8) is 0 Å². The second kappa shape index (κ2) is 7.94. The van der Waals surface area contributed by atoms with Crippen LogP contribution in [-0.2, 0) is 14.6 Å². The van der Waals surface area contributed by atoms with Gasteiger partial charge in [0.05, 0.1) is 4.90 Å². The van der Waals surface area contributed by atoms with E-state index in [1.54, 1.807) is 36.4 Å². The number of anilines is 1. The van der Waals surface area contributed by atoms with E-state index >= 15 is 0 Å². The molecule has 0 atom stereocenters. The van der Waals surface area contributed by atoms with Crippen LogP contribution in [0.4, 0.5) is 5.69 Å². The molecule has 6 nitrogen and oxygen atoms in total. The smallest absolute Gasteiger partial charge is 0.245 e. The lowest BCUT2D eigenvalue weighted by atomic mass is 10.1. The number of aromatic nitrogens is 1. The lowest BCUT2D eigenvalue weighted by Gasteiger charge is -2.24. The Morgan fingerprint density at radius 2 is 1.61 bits per heavy atom. The maximum Gasteiger partial charge on any atom is 0.245 e. The monoisotopic (exact) mass is 498 g/mol. The Hall–Kier alpha value is -2.97. The Bertz CT molecular complexity index is 1330. The van der Waals surface area contributed by atoms with Crippen LogP contribution in [0.15, 0.2) is 86.6 Å². The summed E-state index contributed by atoms with van der Waals surface area (Å²) in [6.07, 6.45) is 0. The zero-order chi connectivity index (χ0) is 22.2. The van der Waals surface area contributed by atoms with E-state index in [0.717, 1.165) is 15.6 Å². The topological polar surface area (TPSA) is 89.3 Å². The van der Waals surface area contributed by atoms with Crippen molar-refractivity contribution in [2.45, 2.75) is 23.5 Å². The fourth-order valence-electron chi connectivity index (χ4n) is 3.00. The number of sulfone groups is 1. The van der Waals surface area contributed by atoms with E-state index in [-0.39, 0.29) is 4.90 Å². The average molecular weight is 499 g/mol. The van der Waals surface area contributed by atoms with Gasteiger partial charge in [-0.25, -0.2) is 13.4 Å². The molecule has 0 spiro atoms. The Labute approximate surface area is 188 Å². The molecule has 31 heavy (non-hydrogen) atoms. The highest BCUT2D eigenvalue weighted by molar-refractivity contribution is 9.10. The van der Waals surface area contributed by atoms with Crippen molar-refractivity contribution >= 4 is 48.5 Å². The highest BCUT2D eigenvalue weighted by Gasteiger charge is 2.42. The van der Waals surface area contributed by atoms with Crippen molar-refractivity contribution in [3.8, 4) is 11.5 Å². The Morgan fingerprint density at radius 1 is 0.968 bits per heavy atom. The van der Waals surface area contributed by atoms with Crippen LogP contribution in [0.25, 0.3) is 22.6 Å². The van der Waals surface area contributed by atoms with E-state index in [1.807, 2.05) is 24.3 Å². The molecule has 0 fully saturated rings. The van der Waals surface area contributed by atoms with Gasteiger partial charge in [0.25, 0.3) is 0 Å². The molecule has 0 saturated carbocycles. The van der Waals surface area contributed by atoms with Crippen LogP contribution >= 0.6 is 15.9 Å².